The summed E-state index contributed by atoms with van der Waals surface area (Å²) >= 11 is 0. The summed E-state index contributed by atoms with van der Waals surface area (Å²) < 4.78 is 10.0. The van der Waals surface area contributed by atoms with Crippen LogP contribution in [0.15, 0.2) is 30.3 Å². The molecule has 1 heterocycles. The normalized spacial score (nSPS) is 21.3. The highest BCUT2D eigenvalue weighted by molar-refractivity contribution is 5.93. The summed E-state index contributed by atoms with van der Waals surface area (Å²) in [5.41, 5.74) is 0. The second kappa shape index (κ2) is 5.44. The lowest BCUT2D eigenvalue weighted by Gasteiger charge is -2.42. The summed E-state index contributed by atoms with van der Waals surface area (Å²) in [6, 6.07) is 8.38. The van der Waals surface area contributed by atoms with E-state index < -0.39 is 18.1 Å². The van der Waals surface area contributed by atoms with Crippen molar-refractivity contribution in [1.82, 2.24) is 4.90 Å². The number of terminal acetylenes is 1. The third-order valence-electron chi connectivity index (χ3n) is 2.85. The fourth-order valence-electron chi connectivity index (χ4n) is 1.83. The molecule has 5 heteroatoms. The molecule has 19 heavy (non-hydrogen) atoms. The van der Waals surface area contributed by atoms with E-state index in [9.17, 15) is 9.59 Å². The lowest BCUT2D eigenvalue weighted by atomic mass is 9.98. The Morgan fingerprint density at radius 2 is 2.11 bits per heavy atom. The third kappa shape index (κ3) is 2.52. The first-order valence-electron chi connectivity index (χ1n) is 5.72. The monoisotopic (exact) mass is 259 g/mol. The first kappa shape index (κ1) is 13.0. The van der Waals surface area contributed by atoms with Crippen molar-refractivity contribution in [2.24, 2.45) is 0 Å². The maximum atomic E-state index is 11.9. The summed E-state index contributed by atoms with van der Waals surface area (Å²) in [4.78, 5) is 24.3. The van der Waals surface area contributed by atoms with E-state index in [1.807, 2.05) is 6.07 Å². The Bertz CT molecular complexity index is 520. The average molecular weight is 259 g/mol. The molecule has 0 N–H and O–H groups in total. The van der Waals surface area contributed by atoms with Crippen LogP contribution in [0, 0.1) is 12.3 Å². The number of amides is 1. The molecule has 2 atom stereocenters. The summed E-state index contributed by atoms with van der Waals surface area (Å²) in [6.45, 7) is -0.154. The number of carbonyl (C=O) groups excluding carboxylic acids is 2. The van der Waals surface area contributed by atoms with Crippen LogP contribution >= 0.6 is 0 Å². The van der Waals surface area contributed by atoms with E-state index in [4.69, 9.17) is 11.2 Å². The molecule has 0 saturated carbocycles. The summed E-state index contributed by atoms with van der Waals surface area (Å²) in [6.07, 6.45) is 4.63. The third-order valence-corrected chi connectivity index (χ3v) is 2.85. The van der Waals surface area contributed by atoms with Gasteiger partial charge in [-0.1, -0.05) is 24.1 Å². The minimum Gasteiger partial charge on any atom is -0.477 e. The minimum atomic E-state index is -0.739. The Labute approximate surface area is 111 Å². The molecule has 1 aliphatic rings. The standard InChI is InChI=1S/C14H13NO4/c1-3-11-13(19-10-7-5-4-6-8-10)14(17)15(11)9-12(16)18-2/h1,4-8,11,13H,9H2,2H3/t11-,13+/m0/s1. The van der Waals surface area contributed by atoms with E-state index in [0.29, 0.717) is 5.75 Å². The molecule has 0 radical (unpaired) electrons. The highest BCUT2D eigenvalue weighted by atomic mass is 16.5. The van der Waals surface area contributed by atoms with Crippen molar-refractivity contribution in [3.63, 3.8) is 0 Å². The number of methoxy groups -OCH3 is 1. The van der Waals surface area contributed by atoms with E-state index in [0.717, 1.165) is 0 Å². The number of ether oxygens (including phenoxy) is 2. The molecule has 5 nitrogen and oxygen atoms in total. The maximum Gasteiger partial charge on any atom is 0.325 e. The van der Waals surface area contributed by atoms with E-state index in [1.54, 1.807) is 24.3 Å². The van der Waals surface area contributed by atoms with Crippen LogP contribution in [0.5, 0.6) is 5.75 Å². The van der Waals surface area contributed by atoms with Gasteiger partial charge < -0.3 is 14.4 Å². The fourth-order valence-corrected chi connectivity index (χ4v) is 1.83. The Kier molecular flexibility index (Phi) is 3.71. The molecule has 0 aliphatic carbocycles. The van der Waals surface area contributed by atoms with Crippen LogP contribution in [0.25, 0.3) is 0 Å². The van der Waals surface area contributed by atoms with Gasteiger partial charge in [-0.3, -0.25) is 9.59 Å². The Balaban J connectivity index is 2.03. The van der Waals surface area contributed by atoms with Crippen molar-refractivity contribution in [3.8, 4) is 18.1 Å². The molecule has 1 aromatic rings. The van der Waals surface area contributed by atoms with Crippen LogP contribution < -0.4 is 4.74 Å². The number of hydrogen-bond donors (Lipinski definition) is 0. The molecule has 1 aromatic carbocycles. The fraction of sp³-hybridized carbons (Fsp3) is 0.286. The number of β-lactam (4-membered cyclic amide) rings is 1. The van der Waals surface area contributed by atoms with Gasteiger partial charge in [-0.2, -0.15) is 0 Å². The van der Waals surface area contributed by atoms with Crippen LogP contribution in [0.2, 0.25) is 0 Å². The molecule has 1 fully saturated rings. The molecule has 1 aliphatic heterocycles. The molecule has 2 rings (SSSR count). The Hall–Kier alpha value is -2.48. The number of likely N-dealkylation sites (tertiary alicyclic amines) is 1. The van der Waals surface area contributed by atoms with E-state index >= 15 is 0 Å². The van der Waals surface area contributed by atoms with Gasteiger partial charge in [0.2, 0.25) is 6.10 Å². The number of nitrogens with zero attached hydrogens (tertiary/aromatic N) is 1. The highest BCUT2D eigenvalue weighted by Gasteiger charge is 2.49. The van der Waals surface area contributed by atoms with Gasteiger partial charge >= 0.3 is 5.97 Å². The molecule has 0 unspecified atom stereocenters. The second-order valence-electron chi connectivity index (χ2n) is 4.01. The topological polar surface area (TPSA) is 55.8 Å². The Morgan fingerprint density at radius 3 is 2.68 bits per heavy atom. The lowest BCUT2D eigenvalue weighted by Crippen LogP contribution is -2.67. The van der Waals surface area contributed by atoms with Crippen LogP contribution in [0.3, 0.4) is 0 Å². The molecular weight excluding hydrogens is 246 g/mol. The average Bonchev–Trinajstić information content (AvgIpc) is 2.46. The van der Waals surface area contributed by atoms with Gasteiger partial charge in [-0.25, -0.2) is 0 Å². The zero-order valence-electron chi connectivity index (χ0n) is 10.4. The van der Waals surface area contributed by atoms with Gasteiger partial charge in [0.25, 0.3) is 5.91 Å². The molecule has 98 valence electrons. The van der Waals surface area contributed by atoms with Gasteiger partial charge in [0.15, 0.2) is 0 Å². The van der Waals surface area contributed by atoms with Crippen LogP contribution in [0.1, 0.15) is 0 Å². The van der Waals surface area contributed by atoms with Crippen molar-refractivity contribution in [3.05, 3.63) is 30.3 Å². The van der Waals surface area contributed by atoms with Gasteiger partial charge in [-0.15, -0.1) is 6.42 Å². The van der Waals surface area contributed by atoms with E-state index in [2.05, 4.69) is 10.7 Å². The van der Waals surface area contributed by atoms with Crippen LogP contribution in [0.4, 0.5) is 0 Å². The number of hydrogen-bond acceptors (Lipinski definition) is 4. The Morgan fingerprint density at radius 1 is 1.42 bits per heavy atom. The van der Waals surface area contributed by atoms with E-state index in [-0.39, 0.29) is 12.5 Å². The quantitative estimate of drug-likeness (QED) is 0.447. The highest BCUT2D eigenvalue weighted by Crippen LogP contribution is 2.24. The predicted octanol–water partition coefficient (Wildman–Crippen LogP) is 0.451. The summed E-state index contributed by atoms with van der Waals surface area (Å²) in [5.74, 6) is 2.21. The number of para-hydroxylation sites is 1. The van der Waals surface area contributed by atoms with Crippen molar-refractivity contribution in [2.45, 2.75) is 12.1 Å². The lowest BCUT2D eigenvalue weighted by molar-refractivity contribution is -0.165. The number of benzene rings is 1. The first-order valence-corrected chi connectivity index (χ1v) is 5.72. The molecule has 0 aromatic heterocycles. The van der Waals surface area contributed by atoms with Gasteiger partial charge in [0, 0.05) is 0 Å². The second-order valence-corrected chi connectivity index (χ2v) is 4.01. The number of carbonyl (C=O) groups is 2. The van der Waals surface area contributed by atoms with Gasteiger partial charge in [-0.05, 0) is 12.1 Å². The van der Waals surface area contributed by atoms with Gasteiger partial charge in [0.05, 0.1) is 7.11 Å². The molecular formula is C14H13NO4. The first-order chi connectivity index (χ1) is 9.17. The van der Waals surface area contributed by atoms with Crippen LogP contribution in [-0.2, 0) is 14.3 Å². The minimum absolute atomic E-state index is 0.154. The largest absolute Gasteiger partial charge is 0.477 e. The van der Waals surface area contributed by atoms with Crippen molar-refractivity contribution in [1.29, 1.82) is 0 Å². The summed E-state index contributed by atoms with van der Waals surface area (Å²) in [7, 11) is 1.26. The predicted molar refractivity (Wildman–Crippen MR) is 67.2 cm³/mol. The molecule has 1 saturated heterocycles. The van der Waals surface area contributed by atoms with Crippen molar-refractivity contribution < 1.29 is 19.1 Å². The molecule has 1 amide bonds. The van der Waals surface area contributed by atoms with Crippen LogP contribution in [-0.4, -0.2) is 42.6 Å². The summed E-state index contributed by atoms with van der Waals surface area (Å²) in [5, 5.41) is 0. The molecule has 0 bridgehead atoms. The molecule has 0 spiro atoms. The SMILES string of the molecule is C#C[C@H]1[C@@H](Oc2ccccc2)C(=O)N1CC(=O)OC. The smallest absolute Gasteiger partial charge is 0.325 e. The van der Waals surface area contributed by atoms with Crippen molar-refractivity contribution >= 4 is 11.9 Å². The number of esters is 1. The maximum absolute atomic E-state index is 11.9. The van der Waals surface area contributed by atoms with E-state index in [1.165, 1.54) is 12.0 Å². The van der Waals surface area contributed by atoms with Crippen molar-refractivity contribution in [2.75, 3.05) is 13.7 Å². The zero-order valence-corrected chi connectivity index (χ0v) is 10.4. The van der Waals surface area contributed by atoms with Gasteiger partial charge in [0.1, 0.15) is 18.3 Å². The zero-order chi connectivity index (χ0) is 13.8. The number of rotatable bonds is 4.